The van der Waals surface area contributed by atoms with Crippen molar-refractivity contribution in [1.29, 1.82) is 0 Å². The van der Waals surface area contributed by atoms with E-state index in [1.54, 1.807) is 24.3 Å². The lowest BCUT2D eigenvalue weighted by atomic mass is 10.0. The van der Waals surface area contributed by atoms with Gasteiger partial charge in [0.05, 0.1) is 0 Å². The maximum Gasteiger partial charge on any atom is 0.312 e. The molecule has 176 valence electrons. The van der Waals surface area contributed by atoms with E-state index < -0.39 is 35.4 Å². The van der Waals surface area contributed by atoms with E-state index in [1.807, 2.05) is 0 Å². The molecule has 11 nitrogen and oxygen atoms in total. The molecular weight excluding hydrogens is 418 g/mol. The van der Waals surface area contributed by atoms with Gasteiger partial charge in [0.1, 0.15) is 18.2 Å². The van der Waals surface area contributed by atoms with E-state index in [2.05, 4.69) is 21.3 Å². The number of carbonyl (C=O) groups is 5. The van der Waals surface area contributed by atoms with Crippen LogP contribution < -0.4 is 27.0 Å². The number of rotatable bonds is 11. The van der Waals surface area contributed by atoms with E-state index >= 15 is 0 Å². The molecule has 32 heavy (non-hydrogen) atoms. The number of nitrogens with two attached hydrogens (primary N) is 1. The molecule has 1 aromatic rings. The van der Waals surface area contributed by atoms with Crippen molar-refractivity contribution >= 4 is 35.4 Å². The number of hydrogen-bond donors (Lipinski definition) is 5. The Labute approximate surface area is 186 Å². The number of ether oxygens (including phenoxy) is 1. The second kappa shape index (κ2) is 12.3. The smallest absolute Gasteiger partial charge is 0.312 e. The number of esters is 1. The summed E-state index contributed by atoms with van der Waals surface area (Å²) in [5, 5.41) is 10.3. The first kappa shape index (κ1) is 26.4. The van der Waals surface area contributed by atoms with Crippen LogP contribution in [0.25, 0.3) is 0 Å². The van der Waals surface area contributed by atoms with Crippen LogP contribution in [-0.2, 0) is 30.5 Å². The van der Waals surface area contributed by atoms with Crippen LogP contribution in [0.4, 0.5) is 10.5 Å². The molecule has 0 aliphatic heterocycles. The summed E-state index contributed by atoms with van der Waals surface area (Å²) in [5.74, 6) is -1.78. The third-order valence-corrected chi connectivity index (χ3v) is 4.31. The van der Waals surface area contributed by atoms with Crippen LogP contribution in [-0.4, -0.2) is 47.8 Å². The number of anilines is 1. The number of amides is 5. The second-order valence-electron chi connectivity index (χ2n) is 7.73. The summed E-state index contributed by atoms with van der Waals surface area (Å²) >= 11 is 0. The summed E-state index contributed by atoms with van der Waals surface area (Å²) < 4.78 is 4.92. The lowest BCUT2D eigenvalue weighted by molar-refractivity contribution is -0.142. The number of primary amides is 1. The third-order valence-electron chi connectivity index (χ3n) is 4.31. The molecule has 0 spiro atoms. The van der Waals surface area contributed by atoms with E-state index in [0.29, 0.717) is 12.1 Å². The van der Waals surface area contributed by atoms with Crippen LogP contribution >= 0.6 is 0 Å². The predicted octanol–water partition coefficient (Wildman–Crippen LogP) is 0.536. The molecule has 0 aliphatic carbocycles. The average Bonchev–Trinajstić information content (AvgIpc) is 2.68. The van der Waals surface area contributed by atoms with Crippen LogP contribution in [0.15, 0.2) is 24.3 Å². The number of nitrogens with one attached hydrogen (secondary N) is 4. The number of hydrogen-bond acceptors (Lipinski definition) is 6. The molecule has 0 heterocycles. The van der Waals surface area contributed by atoms with Crippen molar-refractivity contribution in [2.45, 2.75) is 58.7 Å². The molecule has 0 saturated carbocycles. The second-order valence-corrected chi connectivity index (χ2v) is 7.73. The Hall–Kier alpha value is -3.63. The molecular formula is C21H31N5O6. The Bertz CT molecular complexity index is 838. The highest BCUT2D eigenvalue weighted by atomic mass is 16.5. The van der Waals surface area contributed by atoms with Crippen molar-refractivity contribution in [3.05, 3.63) is 29.8 Å². The van der Waals surface area contributed by atoms with Gasteiger partial charge >= 0.3 is 12.0 Å². The van der Waals surface area contributed by atoms with E-state index in [-0.39, 0.29) is 25.5 Å². The Kier molecular flexibility index (Phi) is 10.1. The molecule has 1 rings (SSSR count). The molecule has 1 unspecified atom stereocenters. The highest BCUT2D eigenvalue weighted by Gasteiger charge is 2.32. The van der Waals surface area contributed by atoms with Crippen LogP contribution in [0.1, 0.15) is 46.1 Å². The minimum absolute atomic E-state index is 0.118. The molecule has 0 fully saturated rings. The van der Waals surface area contributed by atoms with Gasteiger partial charge in [-0.15, -0.1) is 0 Å². The van der Waals surface area contributed by atoms with Crippen molar-refractivity contribution in [3.8, 4) is 0 Å². The molecule has 0 saturated heterocycles. The van der Waals surface area contributed by atoms with Gasteiger partial charge < -0.3 is 31.7 Å². The number of carbonyl (C=O) groups excluding carboxylic acids is 5. The van der Waals surface area contributed by atoms with Crippen molar-refractivity contribution in [3.63, 3.8) is 0 Å². The van der Waals surface area contributed by atoms with Gasteiger partial charge in [-0.25, -0.2) is 4.79 Å². The lowest BCUT2D eigenvalue weighted by Gasteiger charge is -2.27. The molecule has 1 aromatic carbocycles. The summed E-state index contributed by atoms with van der Waals surface area (Å²) in [5.41, 5.74) is 5.04. The molecule has 11 heteroatoms. The van der Waals surface area contributed by atoms with Gasteiger partial charge in [-0.05, 0) is 44.4 Å². The van der Waals surface area contributed by atoms with Crippen LogP contribution in [0.3, 0.4) is 0 Å². The largest absolute Gasteiger partial charge is 0.461 e. The van der Waals surface area contributed by atoms with E-state index in [1.165, 1.54) is 27.7 Å². The van der Waals surface area contributed by atoms with E-state index in [4.69, 9.17) is 10.5 Å². The van der Waals surface area contributed by atoms with Crippen LogP contribution in [0.2, 0.25) is 0 Å². The predicted molar refractivity (Wildman–Crippen MR) is 117 cm³/mol. The fraction of sp³-hybridized carbons (Fsp3) is 0.476. The summed E-state index contributed by atoms with van der Waals surface area (Å²) in [6, 6.07) is 5.07. The molecule has 0 aliphatic rings. The van der Waals surface area contributed by atoms with E-state index in [0.717, 1.165) is 5.56 Å². The zero-order chi connectivity index (χ0) is 24.3. The van der Waals surface area contributed by atoms with Gasteiger partial charge in [-0.2, -0.15) is 0 Å². The summed E-state index contributed by atoms with van der Waals surface area (Å²) in [4.78, 5) is 58.6. The maximum atomic E-state index is 12.8. The van der Waals surface area contributed by atoms with E-state index in [9.17, 15) is 24.0 Å². The topological polar surface area (TPSA) is 169 Å². The zero-order valence-electron chi connectivity index (χ0n) is 18.7. The highest BCUT2D eigenvalue weighted by Crippen LogP contribution is 2.13. The molecule has 0 radical (unpaired) electrons. The Balaban J connectivity index is 2.84. The molecule has 0 aromatic heterocycles. The van der Waals surface area contributed by atoms with Crippen molar-refractivity contribution in [1.82, 2.24) is 16.0 Å². The van der Waals surface area contributed by atoms with Gasteiger partial charge in [0, 0.05) is 26.1 Å². The minimum Gasteiger partial charge on any atom is -0.461 e. The van der Waals surface area contributed by atoms with Crippen LogP contribution in [0, 0.1) is 0 Å². The molecule has 1 atom stereocenters. The standard InChI is InChI=1S/C21H31N5O6/c1-13(27)26-21(3,4)19(30)25-17(6-5-11-23-20(22)31)18(29)24-16-9-7-15(8-10-16)12-32-14(2)28/h7-10,17H,5-6,11-12H2,1-4H3,(H,24,29)(H,25,30)(H,26,27)(H3,22,23,31). The SMILES string of the molecule is CC(=O)NC(C)(C)C(=O)NC(CCCNC(N)=O)C(=O)Nc1ccc(COC(C)=O)cc1. The minimum atomic E-state index is -1.23. The lowest BCUT2D eigenvalue weighted by Crippen LogP contribution is -2.58. The molecule has 5 amide bonds. The molecule has 0 bridgehead atoms. The summed E-state index contributed by atoms with van der Waals surface area (Å²) in [6.07, 6.45) is 0.599. The number of benzene rings is 1. The first-order valence-electron chi connectivity index (χ1n) is 10.1. The van der Waals surface area contributed by atoms with Gasteiger partial charge in [-0.1, -0.05) is 12.1 Å². The van der Waals surface area contributed by atoms with Gasteiger partial charge in [-0.3, -0.25) is 19.2 Å². The zero-order valence-corrected chi connectivity index (χ0v) is 18.7. The van der Waals surface area contributed by atoms with Gasteiger partial charge in [0.25, 0.3) is 0 Å². The number of urea groups is 1. The van der Waals surface area contributed by atoms with Crippen molar-refractivity contribution in [2.75, 3.05) is 11.9 Å². The van der Waals surface area contributed by atoms with Crippen molar-refractivity contribution < 1.29 is 28.7 Å². The van der Waals surface area contributed by atoms with Gasteiger partial charge in [0.15, 0.2) is 0 Å². The van der Waals surface area contributed by atoms with Crippen molar-refractivity contribution in [2.24, 2.45) is 5.73 Å². The Morgan fingerprint density at radius 1 is 1.06 bits per heavy atom. The summed E-state index contributed by atoms with van der Waals surface area (Å²) in [7, 11) is 0. The third kappa shape index (κ3) is 9.92. The highest BCUT2D eigenvalue weighted by molar-refractivity contribution is 5.99. The Morgan fingerprint density at radius 2 is 1.69 bits per heavy atom. The quantitative estimate of drug-likeness (QED) is 0.244. The monoisotopic (exact) mass is 449 g/mol. The van der Waals surface area contributed by atoms with Gasteiger partial charge in [0.2, 0.25) is 17.7 Å². The molecule has 6 N–H and O–H groups in total. The average molecular weight is 450 g/mol. The first-order valence-corrected chi connectivity index (χ1v) is 10.1. The fourth-order valence-electron chi connectivity index (χ4n) is 2.72. The van der Waals surface area contributed by atoms with Crippen LogP contribution in [0.5, 0.6) is 0 Å². The fourth-order valence-corrected chi connectivity index (χ4v) is 2.72. The first-order chi connectivity index (χ1) is 14.9. The maximum absolute atomic E-state index is 12.8. The normalized spacial score (nSPS) is 11.6. The Morgan fingerprint density at radius 3 is 2.22 bits per heavy atom. The summed E-state index contributed by atoms with van der Waals surface area (Å²) in [6.45, 7) is 6.00.